The molecule has 0 fully saturated rings. The summed E-state index contributed by atoms with van der Waals surface area (Å²) in [6.07, 6.45) is 0.520. The topological polar surface area (TPSA) is 64.4 Å². The number of carbonyl (C=O) groups is 1. The van der Waals surface area contributed by atoms with Gasteiger partial charge < -0.3 is 9.84 Å². The number of nitrogens with zero attached hydrogens (tertiary/aromatic N) is 2. The zero-order valence-electron chi connectivity index (χ0n) is 12.9. The Morgan fingerprint density at radius 1 is 1.26 bits per heavy atom. The minimum atomic E-state index is -0.894. The van der Waals surface area contributed by atoms with E-state index >= 15 is 0 Å². The monoisotopic (exact) mass is 356 g/mol. The molecule has 0 bridgehead atoms. The van der Waals surface area contributed by atoms with Crippen molar-refractivity contribution in [2.45, 2.75) is 32.7 Å². The van der Waals surface area contributed by atoms with Gasteiger partial charge in [0.15, 0.2) is 0 Å². The van der Waals surface area contributed by atoms with Crippen molar-refractivity contribution in [1.29, 1.82) is 0 Å². The number of carboxylic acids is 1. The van der Waals surface area contributed by atoms with Gasteiger partial charge in [0.25, 0.3) is 0 Å². The molecule has 0 aliphatic carbocycles. The number of carboxylic acid groups (broad SMARTS) is 1. The zero-order chi connectivity index (χ0) is 17.0. The van der Waals surface area contributed by atoms with Crippen molar-refractivity contribution >= 4 is 29.2 Å². The lowest BCUT2D eigenvalue weighted by Crippen LogP contribution is -2.11. The SMILES string of the molecule is CC(C)n1nc(CC(=O)O)cc1CCOc1cc(Cl)cc(Cl)c1. The van der Waals surface area contributed by atoms with E-state index in [4.69, 9.17) is 33.0 Å². The Bertz CT molecular complexity index is 678. The lowest BCUT2D eigenvalue weighted by Gasteiger charge is -2.12. The molecule has 0 aliphatic heterocycles. The number of aliphatic carboxylic acids is 1. The Morgan fingerprint density at radius 2 is 1.91 bits per heavy atom. The Balaban J connectivity index is 2.04. The first-order chi connectivity index (χ1) is 10.8. The largest absolute Gasteiger partial charge is 0.493 e. The van der Waals surface area contributed by atoms with E-state index in [2.05, 4.69) is 5.10 Å². The molecule has 7 heteroatoms. The Labute approximate surface area is 144 Å². The average Bonchev–Trinajstić information content (AvgIpc) is 2.79. The van der Waals surface area contributed by atoms with E-state index in [-0.39, 0.29) is 12.5 Å². The summed E-state index contributed by atoms with van der Waals surface area (Å²) in [6, 6.07) is 6.99. The third-order valence-corrected chi connectivity index (χ3v) is 3.58. The lowest BCUT2D eigenvalue weighted by atomic mass is 10.2. The van der Waals surface area contributed by atoms with Gasteiger partial charge in [-0.25, -0.2) is 0 Å². The molecule has 5 nitrogen and oxygen atoms in total. The van der Waals surface area contributed by atoms with Gasteiger partial charge in [-0.05, 0) is 38.1 Å². The van der Waals surface area contributed by atoms with Crippen LogP contribution in [0.5, 0.6) is 5.75 Å². The maximum Gasteiger partial charge on any atom is 0.309 e. The molecule has 0 saturated heterocycles. The van der Waals surface area contributed by atoms with E-state index in [0.29, 0.717) is 34.5 Å². The van der Waals surface area contributed by atoms with Crippen molar-refractivity contribution in [1.82, 2.24) is 9.78 Å². The fourth-order valence-corrected chi connectivity index (χ4v) is 2.76. The summed E-state index contributed by atoms with van der Waals surface area (Å²) in [5.41, 5.74) is 1.48. The highest BCUT2D eigenvalue weighted by atomic mass is 35.5. The van der Waals surface area contributed by atoms with E-state index in [1.807, 2.05) is 24.6 Å². The predicted octanol–water partition coefficient (Wildman–Crippen LogP) is 4.02. The van der Waals surface area contributed by atoms with Crippen LogP contribution in [0.2, 0.25) is 10.0 Å². The van der Waals surface area contributed by atoms with Crippen molar-refractivity contribution in [2.75, 3.05) is 6.61 Å². The minimum absolute atomic E-state index is 0.0858. The molecule has 1 aromatic heterocycles. The molecule has 23 heavy (non-hydrogen) atoms. The maximum atomic E-state index is 10.8. The van der Waals surface area contributed by atoms with Crippen LogP contribution in [0.3, 0.4) is 0 Å². The summed E-state index contributed by atoms with van der Waals surface area (Å²) in [5, 5.41) is 14.3. The van der Waals surface area contributed by atoms with Crippen LogP contribution in [0, 0.1) is 0 Å². The van der Waals surface area contributed by atoms with E-state index in [1.54, 1.807) is 18.2 Å². The van der Waals surface area contributed by atoms with Crippen LogP contribution in [0.15, 0.2) is 24.3 Å². The summed E-state index contributed by atoms with van der Waals surface area (Å²) in [5.74, 6) is -0.293. The Kier molecular flexibility index (Phi) is 5.91. The Hall–Kier alpha value is -1.72. The first-order valence-electron chi connectivity index (χ1n) is 7.23. The number of ether oxygens (including phenoxy) is 1. The van der Waals surface area contributed by atoms with Gasteiger partial charge >= 0.3 is 5.97 Å². The highest BCUT2D eigenvalue weighted by molar-refractivity contribution is 6.34. The first kappa shape index (κ1) is 17.6. The van der Waals surface area contributed by atoms with Gasteiger partial charge in [-0.3, -0.25) is 9.48 Å². The molecule has 0 radical (unpaired) electrons. The molecule has 0 atom stereocenters. The smallest absolute Gasteiger partial charge is 0.309 e. The van der Waals surface area contributed by atoms with Gasteiger partial charge in [-0.15, -0.1) is 0 Å². The van der Waals surface area contributed by atoms with Gasteiger partial charge in [-0.2, -0.15) is 5.10 Å². The molecule has 1 N–H and O–H groups in total. The minimum Gasteiger partial charge on any atom is -0.493 e. The van der Waals surface area contributed by atoms with Crippen LogP contribution in [0.1, 0.15) is 31.3 Å². The van der Waals surface area contributed by atoms with Crippen LogP contribution in [-0.4, -0.2) is 27.5 Å². The predicted molar refractivity (Wildman–Crippen MR) is 89.6 cm³/mol. The third kappa shape index (κ3) is 5.15. The number of hydrogen-bond donors (Lipinski definition) is 1. The summed E-state index contributed by atoms with van der Waals surface area (Å²) in [4.78, 5) is 10.8. The number of halogens is 2. The molecule has 124 valence electrons. The lowest BCUT2D eigenvalue weighted by molar-refractivity contribution is -0.136. The summed E-state index contributed by atoms with van der Waals surface area (Å²) in [6.45, 7) is 4.42. The highest BCUT2D eigenvalue weighted by Gasteiger charge is 2.13. The first-order valence-corrected chi connectivity index (χ1v) is 7.98. The van der Waals surface area contributed by atoms with Gasteiger partial charge in [-0.1, -0.05) is 23.2 Å². The van der Waals surface area contributed by atoms with Crippen molar-refractivity contribution in [3.8, 4) is 5.75 Å². The van der Waals surface area contributed by atoms with Crippen LogP contribution in [-0.2, 0) is 17.6 Å². The molecule has 0 unspecified atom stereocenters. The standard InChI is InChI=1S/C16H18Cl2N2O3/c1-10(2)20-14(8-13(19-20)9-16(21)22)3-4-23-15-6-11(17)5-12(18)7-15/h5-8,10H,3-4,9H2,1-2H3,(H,21,22). The van der Waals surface area contributed by atoms with E-state index in [1.165, 1.54) is 0 Å². The van der Waals surface area contributed by atoms with Crippen LogP contribution < -0.4 is 4.74 Å². The van der Waals surface area contributed by atoms with Crippen molar-refractivity contribution in [2.24, 2.45) is 0 Å². The summed E-state index contributed by atoms with van der Waals surface area (Å²) < 4.78 is 7.50. The normalized spacial score (nSPS) is 11.0. The number of benzene rings is 1. The molecular weight excluding hydrogens is 339 g/mol. The quantitative estimate of drug-likeness (QED) is 0.813. The van der Waals surface area contributed by atoms with Crippen LogP contribution in [0.4, 0.5) is 0 Å². The average molecular weight is 357 g/mol. The number of aromatic nitrogens is 2. The zero-order valence-corrected chi connectivity index (χ0v) is 14.4. The van der Waals surface area contributed by atoms with Gasteiger partial charge in [0.05, 0.1) is 18.7 Å². The highest BCUT2D eigenvalue weighted by Crippen LogP contribution is 2.24. The third-order valence-electron chi connectivity index (χ3n) is 3.15. The summed E-state index contributed by atoms with van der Waals surface area (Å²) in [7, 11) is 0. The Morgan fingerprint density at radius 3 is 2.48 bits per heavy atom. The van der Waals surface area contributed by atoms with Crippen molar-refractivity contribution < 1.29 is 14.6 Å². The fraction of sp³-hybridized carbons (Fsp3) is 0.375. The number of hydrogen-bond acceptors (Lipinski definition) is 3. The molecule has 2 aromatic rings. The molecule has 0 aliphatic rings. The van der Waals surface area contributed by atoms with Crippen molar-refractivity contribution in [3.05, 3.63) is 45.7 Å². The van der Waals surface area contributed by atoms with Crippen LogP contribution in [0.25, 0.3) is 0 Å². The van der Waals surface area contributed by atoms with E-state index in [0.717, 1.165) is 5.69 Å². The molecule has 0 saturated carbocycles. The van der Waals surface area contributed by atoms with Crippen LogP contribution >= 0.6 is 23.2 Å². The second-order valence-corrected chi connectivity index (χ2v) is 6.31. The van der Waals surface area contributed by atoms with E-state index in [9.17, 15) is 4.79 Å². The van der Waals surface area contributed by atoms with Gasteiger partial charge in [0, 0.05) is 28.2 Å². The molecule has 2 rings (SSSR count). The molecular formula is C16H18Cl2N2O3. The molecule has 0 amide bonds. The molecule has 0 spiro atoms. The van der Waals surface area contributed by atoms with E-state index < -0.39 is 5.97 Å². The second kappa shape index (κ2) is 7.70. The molecule has 1 heterocycles. The fourth-order valence-electron chi connectivity index (χ4n) is 2.25. The van der Waals surface area contributed by atoms with Gasteiger partial charge in [0.2, 0.25) is 0 Å². The van der Waals surface area contributed by atoms with Crippen molar-refractivity contribution in [3.63, 3.8) is 0 Å². The number of rotatable bonds is 7. The molecule has 1 aromatic carbocycles. The summed E-state index contributed by atoms with van der Waals surface area (Å²) >= 11 is 11.9. The second-order valence-electron chi connectivity index (χ2n) is 5.44. The maximum absolute atomic E-state index is 10.8. The van der Waals surface area contributed by atoms with Gasteiger partial charge in [0.1, 0.15) is 5.75 Å².